The van der Waals surface area contributed by atoms with Gasteiger partial charge in [0, 0.05) is 29.7 Å². The Labute approximate surface area is 195 Å². The molecule has 0 amide bonds. The van der Waals surface area contributed by atoms with Gasteiger partial charge in [0.1, 0.15) is 5.60 Å². The lowest BCUT2D eigenvalue weighted by Crippen LogP contribution is -2.39. The fourth-order valence-electron chi connectivity index (χ4n) is 3.69. The van der Waals surface area contributed by atoms with Crippen LogP contribution in [0.25, 0.3) is 0 Å². The van der Waals surface area contributed by atoms with Gasteiger partial charge in [-0.15, -0.1) is 0 Å². The Bertz CT molecular complexity index is 857. The average molecular weight is 464 g/mol. The van der Waals surface area contributed by atoms with Crippen molar-refractivity contribution in [3.63, 3.8) is 0 Å². The summed E-state index contributed by atoms with van der Waals surface area (Å²) in [6.07, 6.45) is 2.08. The molecule has 1 saturated heterocycles. The van der Waals surface area contributed by atoms with E-state index < -0.39 is 5.60 Å². The van der Waals surface area contributed by atoms with Crippen LogP contribution in [0, 0.1) is 0 Å². The number of benzene rings is 2. The van der Waals surface area contributed by atoms with Crippen LogP contribution < -0.4 is 0 Å². The van der Waals surface area contributed by atoms with Crippen LogP contribution in [0.3, 0.4) is 0 Å². The van der Waals surface area contributed by atoms with Crippen LogP contribution in [0.2, 0.25) is 10.0 Å². The van der Waals surface area contributed by atoms with Gasteiger partial charge in [-0.3, -0.25) is 9.69 Å². The van der Waals surface area contributed by atoms with Crippen molar-refractivity contribution in [2.24, 2.45) is 0 Å². The quantitative estimate of drug-likeness (QED) is 0.480. The summed E-state index contributed by atoms with van der Waals surface area (Å²) in [5.74, 6) is -0.154. The second-order valence-electron chi connectivity index (χ2n) is 8.94. The molecule has 0 radical (unpaired) electrons. The predicted molar refractivity (Wildman–Crippen MR) is 126 cm³/mol. The van der Waals surface area contributed by atoms with Gasteiger partial charge in [0.25, 0.3) is 0 Å². The molecule has 3 rings (SSSR count). The largest absolute Gasteiger partial charge is 0.460 e. The van der Waals surface area contributed by atoms with Crippen LogP contribution in [-0.2, 0) is 27.1 Å². The van der Waals surface area contributed by atoms with Gasteiger partial charge in [0.2, 0.25) is 0 Å². The Morgan fingerprint density at radius 1 is 1.10 bits per heavy atom. The van der Waals surface area contributed by atoms with Crippen molar-refractivity contribution in [2.75, 3.05) is 26.2 Å². The number of hydrogen-bond donors (Lipinski definition) is 0. The van der Waals surface area contributed by atoms with Crippen molar-refractivity contribution >= 4 is 29.2 Å². The lowest BCUT2D eigenvalue weighted by atomic mass is 10.0. The number of carbonyl (C=O) groups excluding carboxylic acids is 1. The van der Waals surface area contributed by atoms with E-state index in [1.807, 2.05) is 39.0 Å². The number of ether oxygens (including phenoxy) is 2. The van der Waals surface area contributed by atoms with Crippen LogP contribution in [0.4, 0.5) is 0 Å². The zero-order valence-electron chi connectivity index (χ0n) is 18.5. The Hall–Kier alpha value is -1.59. The smallest absolute Gasteiger partial charge is 0.307 e. The molecular weight excluding hydrogens is 433 g/mol. The molecule has 0 bridgehead atoms. The first kappa shape index (κ1) is 24.1. The zero-order chi connectivity index (χ0) is 22.4. The van der Waals surface area contributed by atoms with Crippen LogP contribution in [0.15, 0.2) is 42.5 Å². The summed E-state index contributed by atoms with van der Waals surface area (Å²) < 4.78 is 11.4. The second-order valence-corrected chi connectivity index (χ2v) is 9.75. The van der Waals surface area contributed by atoms with Gasteiger partial charge >= 0.3 is 5.97 Å². The van der Waals surface area contributed by atoms with Gasteiger partial charge in [-0.1, -0.05) is 53.5 Å². The van der Waals surface area contributed by atoms with Gasteiger partial charge in [-0.25, -0.2) is 0 Å². The van der Waals surface area contributed by atoms with Crippen LogP contribution in [0.1, 0.15) is 50.0 Å². The van der Waals surface area contributed by atoms with Crippen molar-refractivity contribution in [1.29, 1.82) is 0 Å². The number of carbonyl (C=O) groups is 1. The number of morpholine rings is 1. The van der Waals surface area contributed by atoms with Crippen LogP contribution >= 0.6 is 23.2 Å². The monoisotopic (exact) mass is 463 g/mol. The Kier molecular flexibility index (Phi) is 8.40. The summed E-state index contributed by atoms with van der Waals surface area (Å²) in [5.41, 5.74) is 2.94. The molecule has 31 heavy (non-hydrogen) atoms. The standard InChI is InChI=1S/C25H31Cl2NO3/c1-25(2,3)31-24(29)13-14-28-15-16-30-23(17-28)19-10-7-18(8-11-19)9-12-20-21(26)5-4-6-22(20)27/h4-8,10-11,23H,9,12-17H2,1-3H3. The van der Waals surface area contributed by atoms with E-state index in [-0.39, 0.29) is 12.1 Å². The molecule has 0 spiro atoms. The van der Waals surface area contributed by atoms with Crippen LogP contribution in [0.5, 0.6) is 0 Å². The van der Waals surface area contributed by atoms with Crippen molar-refractivity contribution in [2.45, 2.75) is 51.7 Å². The van der Waals surface area contributed by atoms with Crippen molar-refractivity contribution in [1.82, 2.24) is 4.90 Å². The summed E-state index contributed by atoms with van der Waals surface area (Å²) in [6.45, 7) is 8.62. The van der Waals surface area contributed by atoms with E-state index in [1.165, 1.54) is 5.56 Å². The molecule has 1 atom stereocenters. The third-order valence-electron chi connectivity index (χ3n) is 5.28. The highest BCUT2D eigenvalue weighted by atomic mass is 35.5. The third-order valence-corrected chi connectivity index (χ3v) is 5.99. The Morgan fingerprint density at radius 2 is 1.77 bits per heavy atom. The van der Waals surface area contributed by atoms with E-state index >= 15 is 0 Å². The van der Waals surface area contributed by atoms with Gasteiger partial charge in [0.05, 0.1) is 19.1 Å². The van der Waals surface area contributed by atoms with Crippen LogP contribution in [-0.4, -0.2) is 42.7 Å². The lowest BCUT2D eigenvalue weighted by molar-refractivity contribution is -0.155. The van der Waals surface area contributed by atoms with Crippen molar-refractivity contribution in [3.05, 3.63) is 69.2 Å². The van der Waals surface area contributed by atoms with E-state index in [0.29, 0.717) is 29.6 Å². The summed E-state index contributed by atoms with van der Waals surface area (Å²) in [6, 6.07) is 14.2. The predicted octanol–water partition coefficient (Wildman–Crippen LogP) is 5.88. The van der Waals surface area contributed by atoms with Crippen molar-refractivity contribution < 1.29 is 14.3 Å². The number of esters is 1. The molecule has 2 aromatic rings. The van der Waals surface area contributed by atoms with Crippen molar-refractivity contribution in [3.8, 4) is 0 Å². The minimum Gasteiger partial charge on any atom is -0.460 e. The molecule has 1 heterocycles. The fraction of sp³-hybridized carbons (Fsp3) is 0.480. The molecule has 4 nitrogen and oxygen atoms in total. The van der Waals surface area contributed by atoms with E-state index in [0.717, 1.165) is 37.1 Å². The molecule has 168 valence electrons. The molecule has 0 aliphatic carbocycles. The second kappa shape index (κ2) is 10.8. The molecule has 0 saturated carbocycles. The van der Waals surface area contributed by atoms with Gasteiger partial charge < -0.3 is 9.47 Å². The summed E-state index contributed by atoms with van der Waals surface area (Å²) >= 11 is 12.6. The summed E-state index contributed by atoms with van der Waals surface area (Å²) in [7, 11) is 0. The highest BCUT2D eigenvalue weighted by molar-refractivity contribution is 6.35. The molecule has 1 unspecified atom stereocenters. The summed E-state index contributed by atoms with van der Waals surface area (Å²) in [5, 5.41) is 1.43. The summed E-state index contributed by atoms with van der Waals surface area (Å²) in [4.78, 5) is 14.3. The average Bonchev–Trinajstić information content (AvgIpc) is 2.71. The highest BCUT2D eigenvalue weighted by Gasteiger charge is 2.23. The first-order chi connectivity index (χ1) is 14.7. The fourth-order valence-corrected chi connectivity index (χ4v) is 4.28. The molecule has 1 fully saturated rings. The molecule has 2 aromatic carbocycles. The third kappa shape index (κ3) is 7.50. The molecule has 0 aromatic heterocycles. The molecule has 1 aliphatic heterocycles. The molecular formula is C25H31Cl2NO3. The molecule has 0 N–H and O–H groups in total. The molecule has 6 heteroatoms. The zero-order valence-corrected chi connectivity index (χ0v) is 20.0. The van der Waals surface area contributed by atoms with E-state index in [2.05, 4.69) is 29.2 Å². The number of nitrogens with zero attached hydrogens (tertiary/aromatic N) is 1. The topological polar surface area (TPSA) is 38.8 Å². The number of aryl methyl sites for hydroxylation is 1. The minimum absolute atomic E-state index is 0.0134. The normalized spacial score (nSPS) is 17.5. The SMILES string of the molecule is CC(C)(C)OC(=O)CCN1CCOC(c2ccc(CCc3c(Cl)cccc3Cl)cc2)C1. The number of halogens is 2. The van der Waals surface area contributed by atoms with Gasteiger partial charge in [-0.05, 0) is 62.4 Å². The lowest BCUT2D eigenvalue weighted by Gasteiger charge is -2.33. The molecule has 1 aliphatic rings. The maximum absolute atomic E-state index is 12.0. The Balaban J connectivity index is 1.51. The van der Waals surface area contributed by atoms with Gasteiger partial charge in [0.15, 0.2) is 0 Å². The number of rotatable bonds is 7. The maximum Gasteiger partial charge on any atom is 0.307 e. The first-order valence-electron chi connectivity index (χ1n) is 10.8. The van der Waals surface area contributed by atoms with E-state index in [1.54, 1.807) is 0 Å². The number of hydrogen-bond acceptors (Lipinski definition) is 4. The highest BCUT2D eigenvalue weighted by Crippen LogP contribution is 2.27. The maximum atomic E-state index is 12.0. The van der Waals surface area contributed by atoms with E-state index in [9.17, 15) is 4.79 Å². The Morgan fingerprint density at radius 3 is 2.42 bits per heavy atom. The minimum atomic E-state index is -0.441. The van der Waals surface area contributed by atoms with Gasteiger partial charge in [-0.2, -0.15) is 0 Å². The first-order valence-corrected chi connectivity index (χ1v) is 11.5. The van der Waals surface area contributed by atoms with E-state index in [4.69, 9.17) is 32.7 Å².